The number of carbonyl (C=O) groups excluding carboxylic acids is 1. The number of methoxy groups -OCH3 is 1. The van der Waals surface area contributed by atoms with Crippen molar-refractivity contribution in [2.75, 3.05) is 7.11 Å². The largest absolute Gasteiger partial charge is 0.494 e. The molecule has 0 aliphatic carbocycles. The molecule has 0 aliphatic heterocycles. The van der Waals surface area contributed by atoms with E-state index in [0.29, 0.717) is 0 Å². The Morgan fingerprint density at radius 2 is 1.67 bits per heavy atom. The van der Waals surface area contributed by atoms with Gasteiger partial charge in [-0.1, -0.05) is 18.2 Å². The predicted molar refractivity (Wildman–Crippen MR) is 67.8 cm³/mol. The van der Waals surface area contributed by atoms with Gasteiger partial charge in [0.15, 0.2) is 17.3 Å². The minimum atomic E-state index is -4.48. The Labute approximate surface area is 118 Å². The van der Waals surface area contributed by atoms with E-state index in [2.05, 4.69) is 0 Å². The zero-order valence-corrected chi connectivity index (χ0v) is 10.9. The molecule has 21 heavy (non-hydrogen) atoms. The van der Waals surface area contributed by atoms with Crippen LogP contribution in [0.4, 0.5) is 17.6 Å². The molecule has 0 amide bonds. The van der Waals surface area contributed by atoms with Crippen LogP contribution >= 0.6 is 0 Å². The van der Waals surface area contributed by atoms with E-state index in [4.69, 9.17) is 4.74 Å². The average molecular weight is 298 g/mol. The van der Waals surface area contributed by atoms with E-state index in [1.807, 2.05) is 0 Å². The quantitative estimate of drug-likeness (QED) is 0.630. The maximum Gasteiger partial charge on any atom is 0.416 e. The van der Waals surface area contributed by atoms with Gasteiger partial charge in [-0.05, 0) is 24.3 Å². The van der Waals surface area contributed by atoms with Crippen LogP contribution in [0.15, 0.2) is 42.5 Å². The molecule has 0 atom stereocenters. The number of hydrogen-bond donors (Lipinski definition) is 0. The van der Waals surface area contributed by atoms with Gasteiger partial charge in [0.05, 0.1) is 18.2 Å². The summed E-state index contributed by atoms with van der Waals surface area (Å²) in [5, 5.41) is 0. The second-order valence-corrected chi connectivity index (χ2v) is 4.23. The van der Waals surface area contributed by atoms with E-state index in [9.17, 15) is 22.4 Å². The summed E-state index contributed by atoms with van der Waals surface area (Å²) in [5.74, 6) is -1.65. The van der Waals surface area contributed by atoms with Crippen LogP contribution < -0.4 is 4.74 Å². The average Bonchev–Trinajstić information content (AvgIpc) is 2.46. The molecule has 2 rings (SSSR count). The first-order valence-electron chi connectivity index (χ1n) is 5.89. The van der Waals surface area contributed by atoms with Crippen LogP contribution in [-0.2, 0) is 6.18 Å². The van der Waals surface area contributed by atoms with Crippen LogP contribution in [-0.4, -0.2) is 12.9 Å². The summed E-state index contributed by atoms with van der Waals surface area (Å²) in [4.78, 5) is 12.1. The molecule has 0 radical (unpaired) electrons. The van der Waals surface area contributed by atoms with Gasteiger partial charge >= 0.3 is 6.18 Å². The number of rotatable bonds is 3. The van der Waals surface area contributed by atoms with Gasteiger partial charge in [-0.15, -0.1) is 0 Å². The zero-order chi connectivity index (χ0) is 15.6. The molecule has 0 aromatic heterocycles. The van der Waals surface area contributed by atoms with E-state index < -0.39 is 23.3 Å². The van der Waals surface area contributed by atoms with Gasteiger partial charge < -0.3 is 4.74 Å². The first kappa shape index (κ1) is 15.0. The first-order chi connectivity index (χ1) is 9.84. The van der Waals surface area contributed by atoms with Crippen LogP contribution in [0, 0.1) is 5.82 Å². The lowest BCUT2D eigenvalue weighted by Crippen LogP contribution is -2.08. The van der Waals surface area contributed by atoms with Gasteiger partial charge in [-0.25, -0.2) is 4.39 Å². The summed E-state index contributed by atoms with van der Waals surface area (Å²) in [6.07, 6.45) is -4.48. The SMILES string of the molecule is COc1cccc(C(=O)c2ccc(C(F)(F)F)cc2)c1F. The topological polar surface area (TPSA) is 26.3 Å². The molecule has 0 heterocycles. The molecule has 0 spiro atoms. The number of ketones is 1. The second-order valence-electron chi connectivity index (χ2n) is 4.23. The third kappa shape index (κ3) is 3.04. The van der Waals surface area contributed by atoms with E-state index in [0.717, 1.165) is 24.3 Å². The summed E-state index contributed by atoms with van der Waals surface area (Å²) in [5.41, 5.74) is -1.16. The Kier molecular flexibility index (Phi) is 3.97. The first-order valence-corrected chi connectivity index (χ1v) is 5.89. The number of ether oxygens (including phenoxy) is 1. The lowest BCUT2D eigenvalue weighted by Gasteiger charge is -2.09. The van der Waals surface area contributed by atoms with Crippen molar-refractivity contribution in [1.29, 1.82) is 0 Å². The number of alkyl halides is 3. The lowest BCUT2D eigenvalue weighted by atomic mass is 10.0. The van der Waals surface area contributed by atoms with Crippen molar-refractivity contribution in [1.82, 2.24) is 0 Å². The van der Waals surface area contributed by atoms with E-state index in [1.54, 1.807) is 0 Å². The fourth-order valence-electron chi connectivity index (χ4n) is 1.81. The fraction of sp³-hybridized carbons (Fsp3) is 0.133. The molecule has 2 aromatic rings. The lowest BCUT2D eigenvalue weighted by molar-refractivity contribution is -0.137. The van der Waals surface area contributed by atoms with Crippen molar-refractivity contribution < 1.29 is 27.1 Å². The Morgan fingerprint density at radius 3 is 2.19 bits per heavy atom. The van der Waals surface area contributed by atoms with Crippen LogP contribution in [0.1, 0.15) is 21.5 Å². The van der Waals surface area contributed by atoms with Gasteiger partial charge in [-0.3, -0.25) is 4.79 Å². The van der Waals surface area contributed by atoms with E-state index in [1.165, 1.54) is 25.3 Å². The molecule has 0 N–H and O–H groups in total. The summed E-state index contributed by atoms with van der Waals surface area (Å²) in [6, 6.07) is 7.63. The summed E-state index contributed by atoms with van der Waals surface area (Å²) < 4.78 is 56.0. The third-order valence-electron chi connectivity index (χ3n) is 2.90. The molecule has 0 saturated carbocycles. The van der Waals surface area contributed by atoms with Gasteiger partial charge in [0, 0.05) is 5.56 Å². The number of halogens is 4. The van der Waals surface area contributed by atoms with Crippen molar-refractivity contribution in [3.05, 3.63) is 65.0 Å². The molecule has 6 heteroatoms. The number of benzene rings is 2. The van der Waals surface area contributed by atoms with Gasteiger partial charge in [0.1, 0.15) is 0 Å². The highest BCUT2D eigenvalue weighted by Gasteiger charge is 2.30. The van der Waals surface area contributed by atoms with Crippen LogP contribution in [0.3, 0.4) is 0 Å². The molecule has 0 bridgehead atoms. The second kappa shape index (κ2) is 5.55. The highest BCUT2D eigenvalue weighted by Crippen LogP contribution is 2.30. The summed E-state index contributed by atoms with van der Waals surface area (Å²) >= 11 is 0. The molecular weight excluding hydrogens is 288 g/mol. The van der Waals surface area contributed by atoms with Crippen molar-refractivity contribution in [3.8, 4) is 5.75 Å². The minimum absolute atomic E-state index is 0.0323. The predicted octanol–water partition coefficient (Wildman–Crippen LogP) is 4.08. The summed E-state index contributed by atoms with van der Waals surface area (Å²) in [6.45, 7) is 0. The smallest absolute Gasteiger partial charge is 0.416 e. The molecule has 2 aromatic carbocycles. The van der Waals surface area contributed by atoms with Crippen LogP contribution in [0.2, 0.25) is 0 Å². The zero-order valence-electron chi connectivity index (χ0n) is 10.9. The van der Waals surface area contributed by atoms with Crippen molar-refractivity contribution >= 4 is 5.78 Å². The van der Waals surface area contributed by atoms with Gasteiger partial charge in [0.2, 0.25) is 0 Å². The molecule has 0 aliphatic rings. The Morgan fingerprint density at radius 1 is 1.05 bits per heavy atom. The Bertz CT molecular complexity index is 660. The maximum absolute atomic E-state index is 14.0. The molecule has 110 valence electrons. The highest BCUT2D eigenvalue weighted by atomic mass is 19.4. The van der Waals surface area contributed by atoms with Crippen LogP contribution in [0.25, 0.3) is 0 Å². The highest BCUT2D eigenvalue weighted by molar-refractivity contribution is 6.09. The van der Waals surface area contributed by atoms with Gasteiger partial charge in [-0.2, -0.15) is 13.2 Å². The maximum atomic E-state index is 14.0. The minimum Gasteiger partial charge on any atom is -0.494 e. The Balaban J connectivity index is 2.37. The van der Waals surface area contributed by atoms with E-state index >= 15 is 0 Å². The number of carbonyl (C=O) groups is 1. The number of hydrogen-bond acceptors (Lipinski definition) is 2. The van der Waals surface area contributed by atoms with E-state index in [-0.39, 0.29) is 16.9 Å². The molecular formula is C15H10F4O2. The summed E-state index contributed by atoms with van der Waals surface area (Å²) in [7, 11) is 1.25. The monoisotopic (exact) mass is 298 g/mol. The normalized spacial score (nSPS) is 11.3. The molecule has 2 nitrogen and oxygen atoms in total. The Hall–Kier alpha value is -2.37. The van der Waals surface area contributed by atoms with Crippen molar-refractivity contribution in [3.63, 3.8) is 0 Å². The van der Waals surface area contributed by atoms with Gasteiger partial charge in [0.25, 0.3) is 0 Å². The standard InChI is InChI=1S/C15H10F4O2/c1-21-12-4-2-3-11(13(12)16)14(20)9-5-7-10(8-6-9)15(17,18)19/h2-8H,1H3. The van der Waals surface area contributed by atoms with Crippen molar-refractivity contribution in [2.45, 2.75) is 6.18 Å². The molecule has 0 fully saturated rings. The molecule has 0 unspecified atom stereocenters. The van der Waals surface area contributed by atoms with Crippen LogP contribution in [0.5, 0.6) is 5.75 Å². The third-order valence-corrected chi connectivity index (χ3v) is 2.90. The van der Waals surface area contributed by atoms with Crippen molar-refractivity contribution in [2.24, 2.45) is 0 Å². The molecule has 0 saturated heterocycles. The fourth-order valence-corrected chi connectivity index (χ4v) is 1.81.